The van der Waals surface area contributed by atoms with Gasteiger partial charge in [0.1, 0.15) is 5.75 Å². The number of H-pyrrole nitrogens is 2. The average Bonchev–Trinajstić information content (AvgIpc) is 3.32. The van der Waals surface area contributed by atoms with Crippen molar-refractivity contribution in [3.05, 3.63) is 52.5 Å². The molecule has 4 rings (SSSR count). The van der Waals surface area contributed by atoms with Crippen molar-refractivity contribution in [1.29, 1.82) is 0 Å². The number of nitrogens with one attached hydrogen (secondary N) is 3. The maximum absolute atomic E-state index is 13.0. The molecule has 1 aliphatic rings. The third kappa shape index (κ3) is 3.36. The number of benzene rings is 1. The molecule has 30 heavy (non-hydrogen) atoms. The van der Waals surface area contributed by atoms with Gasteiger partial charge in [0.05, 0.1) is 11.3 Å². The second kappa shape index (κ2) is 7.93. The molecule has 7 heteroatoms. The zero-order valence-corrected chi connectivity index (χ0v) is 17.4. The molecule has 0 radical (unpaired) electrons. The van der Waals surface area contributed by atoms with E-state index in [4.69, 9.17) is 0 Å². The molecular weight excluding hydrogens is 380 g/mol. The van der Waals surface area contributed by atoms with Crippen molar-refractivity contribution < 1.29 is 14.7 Å². The van der Waals surface area contributed by atoms with Crippen LogP contribution < -0.4 is 5.32 Å². The number of Topliss-reactive ketones (excluding diaryl/α,β-unsaturated/α-hetero) is 2. The van der Waals surface area contributed by atoms with E-state index in [2.05, 4.69) is 20.2 Å². The second-order valence-corrected chi connectivity index (χ2v) is 7.92. The molecule has 0 aliphatic heterocycles. The quantitative estimate of drug-likeness (QED) is 0.451. The molecule has 0 unspecified atom stereocenters. The fourth-order valence-corrected chi connectivity index (χ4v) is 4.00. The maximum atomic E-state index is 13.0. The Balaban J connectivity index is 1.79. The first-order valence-corrected chi connectivity index (χ1v) is 10.0. The molecule has 2 aromatic heterocycles. The summed E-state index contributed by atoms with van der Waals surface area (Å²) >= 11 is 0. The summed E-state index contributed by atoms with van der Waals surface area (Å²) in [5.74, 6) is -1.09. The summed E-state index contributed by atoms with van der Waals surface area (Å²) in [4.78, 5) is 34.2. The van der Waals surface area contributed by atoms with Gasteiger partial charge in [-0.15, -0.1) is 0 Å². The number of hydrogen-bond donors (Lipinski definition) is 4. The van der Waals surface area contributed by atoms with Crippen molar-refractivity contribution in [2.45, 2.75) is 12.8 Å². The normalized spacial score (nSPS) is 13.9. The number of ketones is 2. The molecular formula is C23H26N4O3. The number of carbonyl (C=O) groups excluding carboxylic acids is 2. The van der Waals surface area contributed by atoms with Gasteiger partial charge in [-0.1, -0.05) is 0 Å². The number of rotatable bonds is 7. The molecule has 156 valence electrons. The summed E-state index contributed by atoms with van der Waals surface area (Å²) in [5, 5.41) is 14.8. The van der Waals surface area contributed by atoms with Gasteiger partial charge in [-0.05, 0) is 69.9 Å². The van der Waals surface area contributed by atoms with Crippen molar-refractivity contribution in [3.63, 3.8) is 0 Å². The standard InChI is InChI=1S/C23H26N4O3/c1-24-8-6-13-11-26-18-10-16(22(29)23(30)20(13)18)15-4-5-17-19(21(15)28)14(12-25-17)7-9-27(2)3/h4-5,10-12,24-26,28H,6-9H2,1-3H3. The first kappa shape index (κ1) is 20.1. The van der Waals surface area contributed by atoms with Crippen LogP contribution in [0.25, 0.3) is 22.6 Å². The fourth-order valence-electron chi connectivity index (χ4n) is 4.00. The molecule has 3 aromatic rings. The highest BCUT2D eigenvalue weighted by Crippen LogP contribution is 2.39. The number of phenolic OH excluding ortho intramolecular Hbond substituents is 1. The lowest BCUT2D eigenvalue weighted by Crippen LogP contribution is -2.22. The van der Waals surface area contributed by atoms with Crippen LogP contribution in [0.2, 0.25) is 0 Å². The van der Waals surface area contributed by atoms with Gasteiger partial charge in [0.15, 0.2) is 0 Å². The summed E-state index contributed by atoms with van der Waals surface area (Å²) < 4.78 is 0. The van der Waals surface area contributed by atoms with Crippen LogP contribution in [-0.2, 0) is 17.6 Å². The second-order valence-electron chi connectivity index (χ2n) is 7.92. The summed E-state index contributed by atoms with van der Waals surface area (Å²) in [7, 11) is 5.84. The molecule has 0 saturated heterocycles. The predicted molar refractivity (Wildman–Crippen MR) is 118 cm³/mol. The van der Waals surface area contributed by atoms with Gasteiger partial charge in [0, 0.05) is 41.0 Å². The van der Waals surface area contributed by atoms with Crippen molar-refractivity contribution in [3.8, 4) is 5.75 Å². The number of allylic oxidation sites excluding steroid dienone is 1. The largest absolute Gasteiger partial charge is 0.507 e. The van der Waals surface area contributed by atoms with Gasteiger partial charge in [0.25, 0.3) is 0 Å². The highest BCUT2D eigenvalue weighted by molar-refractivity contribution is 6.61. The van der Waals surface area contributed by atoms with E-state index in [9.17, 15) is 14.7 Å². The fraction of sp³-hybridized carbons (Fsp3) is 0.304. The Morgan fingerprint density at radius 1 is 1.03 bits per heavy atom. The van der Waals surface area contributed by atoms with Crippen LogP contribution in [0.5, 0.6) is 5.75 Å². The lowest BCUT2D eigenvalue weighted by atomic mass is 9.87. The van der Waals surface area contributed by atoms with E-state index in [0.717, 1.165) is 29.6 Å². The molecule has 0 amide bonds. The van der Waals surface area contributed by atoms with Crippen molar-refractivity contribution in [2.75, 3.05) is 34.2 Å². The average molecular weight is 406 g/mol. The predicted octanol–water partition coefficient (Wildman–Crippen LogP) is 2.37. The zero-order valence-electron chi connectivity index (χ0n) is 17.4. The first-order chi connectivity index (χ1) is 14.4. The molecule has 0 atom stereocenters. The molecule has 0 spiro atoms. The minimum absolute atomic E-state index is 0.0281. The van der Waals surface area contributed by atoms with E-state index in [1.807, 2.05) is 33.4 Å². The molecule has 4 N–H and O–H groups in total. The van der Waals surface area contributed by atoms with E-state index >= 15 is 0 Å². The van der Waals surface area contributed by atoms with Crippen molar-refractivity contribution >= 4 is 34.1 Å². The number of aromatic nitrogens is 2. The number of nitrogens with zero attached hydrogens (tertiary/aromatic N) is 1. The molecule has 0 bridgehead atoms. The molecule has 1 aliphatic carbocycles. The van der Waals surface area contributed by atoms with Gasteiger partial charge in [-0.3, -0.25) is 9.59 Å². The van der Waals surface area contributed by atoms with Crippen molar-refractivity contribution in [2.24, 2.45) is 0 Å². The van der Waals surface area contributed by atoms with Gasteiger partial charge < -0.3 is 25.3 Å². The third-order valence-corrected chi connectivity index (χ3v) is 5.62. The van der Waals surface area contributed by atoms with Gasteiger partial charge in [-0.2, -0.15) is 0 Å². The Morgan fingerprint density at radius 2 is 1.80 bits per heavy atom. The molecule has 1 aromatic carbocycles. The first-order valence-electron chi connectivity index (χ1n) is 10.0. The Hall–Kier alpha value is -3.16. The van der Waals surface area contributed by atoms with Crippen LogP contribution in [0, 0.1) is 0 Å². The van der Waals surface area contributed by atoms with Gasteiger partial charge in [0.2, 0.25) is 11.6 Å². The van der Waals surface area contributed by atoms with Crippen LogP contribution in [-0.4, -0.2) is 65.8 Å². The Labute approximate surface area is 174 Å². The summed E-state index contributed by atoms with van der Waals surface area (Å²) in [6.07, 6.45) is 6.75. The Morgan fingerprint density at radius 3 is 2.53 bits per heavy atom. The number of phenols is 1. The van der Waals surface area contributed by atoms with Crippen LogP contribution in [0.15, 0.2) is 24.5 Å². The molecule has 0 saturated carbocycles. The minimum atomic E-state index is -0.590. The number of fused-ring (bicyclic) bond motifs is 2. The molecule has 7 nitrogen and oxygen atoms in total. The van der Waals surface area contributed by atoms with Crippen LogP contribution in [0.4, 0.5) is 0 Å². The van der Waals surface area contributed by atoms with E-state index in [0.29, 0.717) is 35.2 Å². The number of aromatic hydroxyl groups is 1. The maximum Gasteiger partial charge on any atom is 0.235 e. The lowest BCUT2D eigenvalue weighted by molar-refractivity contribution is -0.110. The number of carbonyl (C=O) groups is 2. The topological polar surface area (TPSA) is 101 Å². The molecule has 0 fully saturated rings. The van der Waals surface area contributed by atoms with Gasteiger partial charge in [-0.25, -0.2) is 0 Å². The number of hydrogen-bond acceptors (Lipinski definition) is 5. The summed E-state index contributed by atoms with van der Waals surface area (Å²) in [5.41, 5.74) is 4.25. The monoisotopic (exact) mass is 406 g/mol. The van der Waals surface area contributed by atoms with Crippen LogP contribution >= 0.6 is 0 Å². The van der Waals surface area contributed by atoms with E-state index in [-0.39, 0.29) is 11.3 Å². The summed E-state index contributed by atoms with van der Waals surface area (Å²) in [6.45, 7) is 1.54. The highest BCUT2D eigenvalue weighted by atomic mass is 16.3. The van der Waals surface area contributed by atoms with E-state index < -0.39 is 11.6 Å². The van der Waals surface area contributed by atoms with Gasteiger partial charge >= 0.3 is 0 Å². The van der Waals surface area contributed by atoms with Crippen LogP contribution in [0.1, 0.15) is 32.7 Å². The zero-order chi connectivity index (χ0) is 21.4. The smallest absolute Gasteiger partial charge is 0.235 e. The summed E-state index contributed by atoms with van der Waals surface area (Å²) in [6, 6.07) is 3.53. The Kier molecular flexibility index (Phi) is 5.32. The highest BCUT2D eigenvalue weighted by Gasteiger charge is 2.33. The lowest BCUT2D eigenvalue weighted by Gasteiger charge is -2.15. The molecule has 2 heterocycles. The van der Waals surface area contributed by atoms with E-state index in [1.165, 1.54) is 0 Å². The Bertz CT molecular complexity index is 1170. The SMILES string of the molecule is CNCCc1c[nH]c2c1C(=O)C(=O)C(c1ccc3[nH]cc(CCN(C)C)c3c1O)=C2. The van der Waals surface area contributed by atoms with Crippen molar-refractivity contribution in [1.82, 2.24) is 20.2 Å². The minimum Gasteiger partial charge on any atom is -0.507 e. The number of likely N-dealkylation sites (N-methyl/N-ethyl adjacent to an activating group) is 2. The van der Waals surface area contributed by atoms with E-state index in [1.54, 1.807) is 18.3 Å². The number of aromatic amines is 2. The third-order valence-electron chi connectivity index (χ3n) is 5.62. The van der Waals surface area contributed by atoms with Crippen LogP contribution in [0.3, 0.4) is 0 Å².